The van der Waals surface area contributed by atoms with Crippen molar-refractivity contribution in [3.8, 4) is 0 Å². The van der Waals surface area contributed by atoms with Gasteiger partial charge >= 0.3 is 0 Å². The van der Waals surface area contributed by atoms with Crippen LogP contribution in [0.4, 0.5) is 0 Å². The van der Waals surface area contributed by atoms with E-state index >= 15 is 0 Å². The molecule has 66 valence electrons. The summed E-state index contributed by atoms with van der Waals surface area (Å²) in [6.45, 7) is 9.52. The van der Waals surface area contributed by atoms with Crippen molar-refractivity contribution in [3.63, 3.8) is 0 Å². The zero-order valence-electron chi connectivity index (χ0n) is 8.48. The van der Waals surface area contributed by atoms with Gasteiger partial charge in [0.05, 0.1) is 0 Å². The van der Waals surface area contributed by atoms with E-state index in [1.54, 1.807) is 0 Å². The van der Waals surface area contributed by atoms with E-state index in [2.05, 4.69) is 27.7 Å². The molecule has 0 aromatic carbocycles. The van der Waals surface area contributed by atoms with Crippen molar-refractivity contribution in [2.75, 3.05) is 0 Å². The molecule has 0 N–H and O–H groups in total. The fourth-order valence-electron chi connectivity index (χ4n) is 1.85. The molecule has 11 heavy (non-hydrogen) atoms. The molecule has 0 radical (unpaired) electrons. The fraction of sp³-hybridized carbons (Fsp3) is 1.00. The predicted molar refractivity (Wildman–Crippen MR) is 50.6 cm³/mol. The summed E-state index contributed by atoms with van der Waals surface area (Å²) in [6.07, 6.45) is 5.75. The molecule has 0 nitrogen and oxygen atoms in total. The normalized spacial score (nSPS) is 21.8. The van der Waals surface area contributed by atoms with E-state index in [-0.39, 0.29) is 0 Å². The van der Waals surface area contributed by atoms with Crippen molar-refractivity contribution in [3.05, 3.63) is 0 Å². The SMILES string of the molecule is CCC(C)(C)CC(C)C1CC1. The van der Waals surface area contributed by atoms with Crippen LogP contribution in [-0.4, -0.2) is 0 Å². The first kappa shape index (κ1) is 9.09. The van der Waals surface area contributed by atoms with Crippen molar-refractivity contribution < 1.29 is 0 Å². The molecule has 1 saturated carbocycles. The second-order valence-corrected chi connectivity index (χ2v) is 5.04. The Kier molecular flexibility index (Phi) is 2.61. The highest BCUT2D eigenvalue weighted by molar-refractivity contribution is 4.82. The minimum absolute atomic E-state index is 0.585. The second kappa shape index (κ2) is 3.16. The molecule has 0 saturated heterocycles. The Bertz CT molecular complexity index is 120. The summed E-state index contributed by atoms with van der Waals surface area (Å²) in [6, 6.07) is 0. The van der Waals surface area contributed by atoms with Gasteiger partial charge in [0.2, 0.25) is 0 Å². The summed E-state index contributed by atoms with van der Waals surface area (Å²) in [5.74, 6) is 2.06. The first-order chi connectivity index (χ1) is 5.05. The van der Waals surface area contributed by atoms with E-state index in [9.17, 15) is 0 Å². The van der Waals surface area contributed by atoms with E-state index < -0.39 is 0 Å². The van der Waals surface area contributed by atoms with Crippen LogP contribution in [-0.2, 0) is 0 Å². The third-order valence-corrected chi connectivity index (χ3v) is 3.26. The maximum atomic E-state index is 2.43. The van der Waals surface area contributed by atoms with E-state index in [1.807, 2.05) is 0 Å². The monoisotopic (exact) mass is 154 g/mol. The minimum Gasteiger partial charge on any atom is -0.0649 e. The van der Waals surface area contributed by atoms with Gasteiger partial charge in [-0.25, -0.2) is 0 Å². The Morgan fingerprint density at radius 2 is 1.91 bits per heavy atom. The summed E-state index contributed by atoms with van der Waals surface area (Å²) >= 11 is 0. The van der Waals surface area contributed by atoms with Crippen LogP contribution in [0.25, 0.3) is 0 Å². The molecular formula is C11H22. The molecule has 0 spiro atoms. The largest absolute Gasteiger partial charge is 0.0649 e. The van der Waals surface area contributed by atoms with E-state index in [0.29, 0.717) is 5.41 Å². The quantitative estimate of drug-likeness (QED) is 0.577. The predicted octanol–water partition coefficient (Wildman–Crippen LogP) is 3.86. The van der Waals surface area contributed by atoms with Crippen molar-refractivity contribution in [1.82, 2.24) is 0 Å². The third kappa shape index (κ3) is 2.84. The molecule has 0 amide bonds. The van der Waals surface area contributed by atoms with Gasteiger partial charge in [-0.05, 0) is 36.5 Å². The molecule has 1 rings (SSSR count). The zero-order valence-corrected chi connectivity index (χ0v) is 8.48. The third-order valence-electron chi connectivity index (χ3n) is 3.26. The van der Waals surface area contributed by atoms with Crippen LogP contribution in [0.3, 0.4) is 0 Å². The lowest BCUT2D eigenvalue weighted by atomic mass is 9.80. The average molecular weight is 154 g/mol. The number of rotatable bonds is 4. The van der Waals surface area contributed by atoms with Gasteiger partial charge in [-0.2, -0.15) is 0 Å². The van der Waals surface area contributed by atoms with Crippen LogP contribution >= 0.6 is 0 Å². The fourth-order valence-corrected chi connectivity index (χ4v) is 1.85. The van der Waals surface area contributed by atoms with Gasteiger partial charge in [-0.15, -0.1) is 0 Å². The lowest BCUT2D eigenvalue weighted by Gasteiger charge is -2.26. The lowest BCUT2D eigenvalue weighted by Crippen LogP contribution is -2.15. The van der Waals surface area contributed by atoms with Crippen LogP contribution in [0.2, 0.25) is 0 Å². The van der Waals surface area contributed by atoms with Crippen LogP contribution < -0.4 is 0 Å². The Hall–Kier alpha value is 0. The van der Waals surface area contributed by atoms with Gasteiger partial charge in [-0.3, -0.25) is 0 Å². The van der Waals surface area contributed by atoms with Crippen molar-refractivity contribution in [2.24, 2.45) is 17.3 Å². The summed E-state index contributed by atoms with van der Waals surface area (Å²) in [7, 11) is 0. The Morgan fingerprint density at radius 3 is 2.27 bits per heavy atom. The van der Waals surface area contributed by atoms with Crippen LogP contribution in [0.15, 0.2) is 0 Å². The van der Waals surface area contributed by atoms with E-state index in [0.717, 1.165) is 11.8 Å². The molecule has 0 heterocycles. The highest BCUT2D eigenvalue weighted by atomic mass is 14.4. The highest BCUT2D eigenvalue weighted by Crippen LogP contribution is 2.42. The molecule has 1 unspecified atom stereocenters. The molecule has 0 aliphatic heterocycles. The first-order valence-corrected chi connectivity index (χ1v) is 5.05. The van der Waals surface area contributed by atoms with Crippen molar-refractivity contribution in [1.29, 1.82) is 0 Å². The molecular weight excluding hydrogens is 132 g/mol. The number of hydrogen-bond donors (Lipinski definition) is 0. The van der Waals surface area contributed by atoms with Crippen LogP contribution in [0, 0.1) is 17.3 Å². The molecule has 0 aromatic heterocycles. The van der Waals surface area contributed by atoms with Crippen LogP contribution in [0.1, 0.15) is 53.4 Å². The molecule has 0 bridgehead atoms. The smallest absolute Gasteiger partial charge is 0.0354 e. The Morgan fingerprint density at radius 1 is 1.36 bits per heavy atom. The minimum atomic E-state index is 0.585. The van der Waals surface area contributed by atoms with Gasteiger partial charge in [-0.1, -0.05) is 34.1 Å². The van der Waals surface area contributed by atoms with E-state index in [1.165, 1.54) is 25.7 Å². The van der Waals surface area contributed by atoms with Crippen molar-refractivity contribution >= 4 is 0 Å². The molecule has 1 fully saturated rings. The van der Waals surface area contributed by atoms with Gasteiger partial charge in [0.15, 0.2) is 0 Å². The van der Waals surface area contributed by atoms with E-state index in [4.69, 9.17) is 0 Å². The van der Waals surface area contributed by atoms with Gasteiger partial charge in [0.1, 0.15) is 0 Å². The molecule has 1 aliphatic rings. The molecule has 0 aromatic rings. The Labute approximate surface area is 71.4 Å². The summed E-state index contributed by atoms with van der Waals surface area (Å²) in [5, 5.41) is 0. The van der Waals surface area contributed by atoms with Gasteiger partial charge in [0.25, 0.3) is 0 Å². The van der Waals surface area contributed by atoms with Crippen molar-refractivity contribution in [2.45, 2.75) is 53.4 Å². The van der Waals surface area contributed by atoms with Gasteiger partial charge in [0, 0.05) is 0 Å². The maximum absolute atomic E-state index is 2.43. The molecule has 0 heteroatoms. The van der Waals surface area contributed by atoms with Gasteiger partial charge < -0.3 is 0 Å². The van der Waals surface area contributed by atoms with Crippen LogP contribution in [0.5, 0.6) is 0 Å². The molecule has 1 atom stereocenters. The second-order valence-electron chi connectivity index (χ2n) is 5.04. The maximum Gasteiger partial charge on any atom is -0.0354 e. The average Bonchev–Trinajstić information content (AvgIpc) is 2.67. The summed E-state index contributed by atoms with van der Waals surface area (Å²) in [5.41, 5.74) is 0.585. The summed E-state index contributed by atoms with van der Waals surface area (Å²) in [4.78, 5) is 0. The molecule has 1 aliphatic carbocycles. The lowest BCUT2D eigenvalue weighted by molar-refractivity contribution is 0.251. The zero-order chi connectivity index (χ0) is 8.48. The topological polar surface area (TPSA) is 0 Å². The Balaban J connectivity index is 2.27. The number of hydrogen-bond acceptors (Lipinski definition) is 0. The standard InChI is InChI=1S/C11H22/c1-5-11(3,4)8-9(2)10-6-7-10/h9-10H,5-8H2,1-4H3. The highest BCUT2D eigenvalue weighted by Gasteiger charge is 2.31. The first-order valence-electron chi connectivity index (χ1n) is 5.05. The summed E-state index contributed by atoms with van der Waals surface area (Å²) < 4.78 is 0.